The number of ether oxygens (including phenoxy) is 1. The quantitative estimate of drug-likeness (QED) is 0.793. The zero-order chi connectivity index (χ0) is 14.0. The van der Waals surface area contributed by atoms with Crippen LogP contribution in [0, 0.1) is 5.41 Å². The van der Waals surface area contributed by atoms with Crippen LogP contribution in [-0.2, 0) is 6.54 Å². The van der Waals surface area contributed by atoms with Gasteiger partial charge in [0.25, 0.3) is 0 Å². The van der Waals surface area contributed by atoms with Gasteiger partial charge in [-0.05, 0) is 53.0 Å². The maximum absolute atomic E-state index is 5.86. The molecule has 1 heterocycles. The Bertz CT molecular complexity index is 473. The second-order valence-corrected chi connectivity index (χ2v) is 7.33. The van der Waals surface area contributed by atoms with Gasteiger partial charge in [-0.1, -0.05) is 22.9 Å². The van der Waals surface area contributed by atoms with Gasteiger partial charge in [0.15, 0.2) is 0 Å². The molecule has 6 heteroatoms. The summed E-state index contributed by atoms with van der Waals surface area (Å²) in [6.45, 7) is 6.07. The SMILES string of the molecule is COc1c(Br)cc(Br)cc1CN1CCC(C)(CN)C1.Cl. The number of rotatable bonds is 4. The summed E-state index contributed by atoms with van der Waals surface area (Å²) < 4.78 is 7.55. The molecule has 1 aromatic rings. The third-order valence-corrected chi connectivity index (χ3v) is 4.86. The number of hydrogen-bond donors (Lipinski definition) is 1. The molecule has 114 valence electrons. The smallest absolute Gasteiger partial charge is 0.137 e. The number of benzene rings is 1. The first-order valence-electron chi connectivity index (χ1n) is 6.42. The molecular weight excluding hydrogens is 407 g/mol. The van der Waals surface area contributed by atoms with Gasteiger partial charge < -0.3 is 10.5 Å². The van der Waals surface area contributed by atoms with Gasteiger partial charge in [0.2, 0.25) is 0 Å². The predicted molar refractivity (Wildman–Crippen MR) is 92.7 cm³/mol. The lowest BCUT2D eigenvalue weighted by Gasteiger charge is -2.23. The molecule has 2 N–H and O–H groups in total. The molecule has 2 rings (SSSR count). The van der Waals surface area contributed by atoms with Crippen molar-refractivity contribution in [2.75, 3.05) is 26.7 Å². The molecule has 1 saturated heterocycles. The van der Waals surface area contributed by atoms with E-state index in [1.807, 2.05) is 6.07 Å². The van der Waals surface area contributed by atoms with Gasteiger partial charge in [-0.2, -0.15) is 0 Å². The van der Waals surface area contributed by atoms with E-state index in [1.165, 1.54) is 12.0 Å². The average Bonchev–Trinajstić information content (AvgIpc) is 2.71. The number of methoxy groups -OCH3 is 1. The summed E-state index contributed by atoms with van der Waals surface area (Å²) in [6.07, 6.45) is 1.17. The summed E-state index contributed by atoms with van der Waals surface area (Å²) in [5.41, 5.74) is 7.32. The lowest BCUT2D eigenvalue weighted by molar-refractivity contribution is 0.270. The first-order valence-corrected chi connectivity index (χ1v) is 8.00. The van der Waals surface area contributed by atoms with E-state index in [0.717, 1.165) is 40.9 Å². The van der Waals surface area contributed by atoms with Crippen molar-refractivity contribution in [3.05, 3.63) is 26.6 Å². The van der Waals surface area contributed by atoms with Crippen LogP contribution in [0.25, 0.3) is 0 Å². The maximum atomic E-state index is 5.86. The first kappa shape index (κ1) is 18.2. The summed E-state index contributed by atoms with van der Waals surface area (Å²) in [5, 5.41) is 0. The van der Waals surface area contributed by atoms with E-state index < -0.39 is 0 Å². The largest absolute Gasteiger partial charge is 0.495 e. The molecule has 0 spiro atoms. The van der Waals surface area contributed by atoms with Crippen LogP contribution in [0.5, 0.6) is 5.75 Å². The molecule has 0 aromatic heterocycles. The van der Waals surface area contributed by atoms with Crippen LogP contribution in [0.1, 0.15) is 18.9 Å². The minimum Gasteiger partial charge on any atom is -0.495 e. The van der Waals surface area contributed by atoms with Gasteiger partial charge in [-0.15, -0.1) is 12.4 Å². The van der Waals surface area contributed by atoms with Crippen molar-refractivity contribution >= 4 is 44.3 Å². The Morgan fingerprint density at radius 3 is 2.65 bits per heavy atom. The number of nitrogens with two attached hydrogens (primary N) is 1. The molecule has 1 fully saturated rings. The van der Waals surface area contributed by atoms with Crippen molar-refractivity contribution in [2.45, 2.75) is 19.9 Å². The molecule has 1 atom stereocenters. The first-order chi connectivity index (χ1) is 8.97. The van der Waals surface area contributed by atoms with Crippen LogP contribution >= 0.6 is 44.3 Å². The summed E-state index contributed by atoms with van der Waals surface area (Å²) in [6, 6.07) is 4.14. The highest BCUT2D eigenvalue weighted by Crippen LogP contribution is 2.35. The van der Waals surface area contributed by atoms with E-state index in [4.69, 9.17) is 10.5 Å². The van der Waals surface area contributed by atoms with Gasteiger partial charge in [0.1, 0.15) is 5.75 Å². The normalized spacial score (nSPS) is 22.6. The van der Waals surface area contributed by atoms with E-state index >= 15 is 0 Å². The van der Waals surface area contributed by atoms with E-state index in [0.29, 0.717) is 0 Å². The van der Waals surface area contributed by atoms with Gasteiger partial charge >= 0.3 is 0 Å². The van der Waals surface area contributed by atoms with E-state index in [2.05, 4.69) is 49.7 Å². The van der Waals surface area contributed by atoms with Gasteiger partial charge in [0.05, 0.1) is 11.6 Å². The molecule has 0 radical (unpaired) electrons. The highest BCUT2D eigenvalue weighted by molar-refractivity contribution is 9.11. The van der Waals surface area contributed by atoms with Crippen LogP contribution in [0.2, 0.25) is 0 Å². The van der Waals surface area contributed by atoms with Crippen molar-refractivity contribution < 1.29 is 4.74 Å². The standard InChI is InChI=1S/C14H20Br2N2O.ClH/c1-14(8-17)3-4-18(9-14)7-10-5-11(15)6-12(16)13(10)19-2;/h5-6H,3-4,7-9,17H2,1-2H3;1H. The third kappa shape index (κ3) is 4.10. The van der Waals surface area contributed by atoms with Gasteiger partial charge in [-0.3, -0.25) is 4.90 Å². The van der Waals surface area contributed by atoms with Gasteiger partial charge in [0, 0.05) is 23.1 Å². The molecular formula is C14H21Br2ClN2O. The lowest BCUT2D eigenvalue weighted by Crippen LogP contribution is -2.31. The highest BCUT2D eigenvalue weighted by Gasteiger charge is 2.32. The van der Waals surface area contributed by atoms with Crippen LogP contribution < -0.4 is 10.5 Å². The third-order valence-electron chi connectivity index (χ3n) is 3.81. The number of hydrogen-bond acceptors (Lipinski definition) is 3. The van der Waals surface area contributed by atoms with Crippen molar-refractivity contribution in [1.29, 1.82) is 0 Å². The van der Waals surface area contributed by atoms with Crippen LogP contribution in [0.15, 0.2) is 21.1 Å². The number of halogens is 3. The second kappa shape index (κ2) is 7.45. The summed E-state index contributed by atoms with van der Waals surface area (Å²) >= 11 is 7.09. The number of nitrogens with zero attached hydrogens (tertiary/aromatic N) is 1. The highest BCUT2D eigenvalue weighted by atomic mass is 79.9. The molecule has 1 aliphatic rings. The van der Waals surface area contributed by atoms with E-state index in [9.17, 15) is 0 Å². The van der Waals surface area contributed by atoms with Crippen molar-refractivity contribution in [3.8, 4) is 5.75 Å². The zero-order valence-electron chi connectivity index (χ0n) is 11.8. The molecule has 0 aliphatic carbocycles. The second-order valence-electron chi connectivity index (χ2n) is 5.56. The number of likely N-dealkylation sites (tertiary alicyclic amines) is 1. The van der Waals surface area contributed by atoms with E-state index in [-0.39, 0.29) is 17.8 Å². The zero-order valence-corrected chi connectivity index (χ0v) is 15.8. The molecule has 0 amide bonds. The molecule has 3 nitrogen and oxygen atoms in total. The van der Waals surface area contributed by atoms with E-state index in [1.54, 1.807) is 7.11 Å². The Morgan fingerprint density at radius 1 is 1.40 bits per heavy atom. The van der Waals surface area contributed by atoms with Gasteiger partial charge in [-0.25, -0.2) is 0 Å². The fraction of sp³-hybridized carbons (Fsp3) is 0.571. The molecule has 0 bridgehead atoms. The van der Waals surface area contributed by atoms with Crippen LogP contribution in [0.4, 0.5) is 0 Å². The predicted octanol–water partition coefficient (Wildman–Crippen LogP) is 3.81. The summed E-state index contributed by atoms with van der Waals surface area (Å²) in [4.78, 5) is 2.45. The van der Waals surface area contributed by atoms with Crippen LogP contribution in [-0.4, -0.2) is 31.6 Å². The Kier molecular flexibility index (Phi) is 6.80. The molecule has 1 unspecified atom stereocenters. The minimum atomic E-state index is 0. The topological polar surface area (TPSA) is 38.5 Å². The maximum Gasteiger partial charge on any atom is 0.137 e. The molecule has 20 heavy (non-hydrogen) atoms. The molecule has 0 saturated carbocycles. The van der Waals surface area contributed by atoms with Crippen molar-refractivity contribution in [1.82, 2.24) is 4.90 Å². The van der Waals surface area contributed by atoms with Crippen LogP contribution in [0.3, 0.4) is 0 Å². The fourth-order valence-electron chi connectivity index (χ4n) is 2.63. The monoisotopic (exact) mass is 426 g/mol. The fourth-order valence-corrected chi connectivity index (χ4v) is 4.10. The Labute approximate surface area is 143 Å². The summed E-state index contributed by atoms with van der Waals surface area (Å²) in [7, 11) is 1.71. The average molecular weight is 429 g/mol. The van der Waals surface area contributed by atoms with Crippen molar-refractivity contribution in [2.24, 2.45) is 11.1 Å². The lowest BCUT2D eigenvalue weighted by atomic mass is 9.90. The Morgan fingerprint density at radius 2 is 2.10 bits per heavy atom. The summed E-state index contributed by atoms with van der Waals surface area (Å²) in [5.74, 6) is 0.921. The Balaban J connectivity index is 0.00000200. The Hall–Kier alpha value is 0.190. The molecule has 1 aliphatic heterocycles. The van der Waals surface area contributed by atoms with Crippen molar-refractivity contribution in [3.63, 3.8) is 0 Å². The molecule has 1 aromatic carbocycles. The minimum absolute atomic E-state index is 0.